The third-order valence-electron chi connectivity index (χ3n) is 8.81. The van der Waals surface area contributed by atoms with E-state index in [1.807, 2.05) is 41.3 Å². The van der Waals surface area contributed by atoms with Crippen molar-refractivity contribution in [1.82, 2.24) is 4.90 Å². The summed E-state index contributed by atoms with van der Waals surface area (Å²) in [7, 11) is 3.42. The van der Waals surface area contributed by atoms with Gasteiger partial charge in [0.25, 0.3) is 0 Å². The summed E-state index contributed by atoms with van der Waals surface area (Å²) in [6.07, 6.45) is -4.72. The Morgan fingerprint density at radius 1 is 0.875 bits per heavy atom. The molecule has 11 nitrogen and oxygen atoms in total. The van der Waals surface area contributed by atoms with E-state index in [1.54, 1.807) is 18.2 Å². The van der Waals surface area contributed by atoms with Gasteiger partial charge in [-0.15, -0.1) is 0 Å². The Labute approximate surface area is 272 Å². The minimum atomic E-state index is -4.60. The van der Waals surface area contributed by atoms with Gasteiger partial charge in [-0.1, -0.05) is 48.5 Å². The van der Waals surface area contributed by atoms with Crippen LogP contribution in [0.15, 0.2) is 95.1 Å². The van der Waals surface area contributed by atoms with Gasteiger partial charge in [-0.2, -0.15) is 13.2 Å². The van der Waals surface area contributed by atoms with Gasteiger partial charge < -0.3 is 24.4 Å². The second kappa shape index (κ2) is 12.2. The van der Waals surface area contributed by atoms with E-state index in [-0.39, 0.29) is 30.1 Å². The standard InChI is InChI=1S/C34H29F3N4O7/c1-46-28(42)24-17-33-22-11-7-8-12-23(22)40(18-19-9-5-4-6-10-19)27(33)25(29(43)47-2)26(30(44)48-3)39-31(33)41(24)32(45)38-21-15-13-20(14-16-21)34(35,36)37/h4-16,24,27H,17-18H2,1-3H3,(H,38,45). The smallest absolute Gasteiger partial charge is 0.416 e. The van der Waals surface area contributed by atoms with Gasteiger partial charge >= 0.3 is 30.1 Å². The predicted molar refractivity (Wildman–Crippen MR) is 166 cm³/mol. The van der Waals surface area contributed by atoms with Crippen molar-refractivity contribution in [3.63, 3.8) is 0 Å². The first-order valence-electron chi connectivity index (χ1n) is 14.7. The van der Waals surface area contributed by atoms with Crippen LogP contribution in [0.3, 0.4) is 0 Å². The maximum absolute atomic E-state index is 14.1. The molecule has 0 saturated carbocycles. The molecule has 6 rings (SSSR count). The Hall–Kier alpha value is -5.66. The SMILES string of the molecule is COC(=O)C1=C(C(=O)OC)C2N(Cc3ccccc3)c3ccccc3C23CC(C(=O)OC)N(C(=O)Nc2ccc(C(F)(F)F)cc2)C3=N1. The first kappa shape index (κ1) is 32.3. The van der Waals surface area contributed by atoms with Crippen LogP contribution in [-0.4, -0.2) is 68.1 Å². The van der Waals surface area contributed by atoms with E-state index >= 15 is 0 Å². The van der Waals surface area contributed by atoms with Crippen molar-refractivity contribution < 1.29 is 46.6 Å². The molecule has 0 aliphatic carbocycles. The van der Waals surface area contributed by atoms with Gasteiger partial charge in [-0.05, 0) is 47.9 Å². The molecule has 0 aromatic heterocycles. The lowest BCUT2D eigenvalue weighted by Crippen LogP contribution is -2.56. The van der Waals surface area contributed by atoms with Crippen molar-refractivity contribution in [3.05, 3.63) is 107 Å². The number of para-hydroxylation sites is 1. The lowest BCUT2D eigenvalue weighted by atomic mass is 9.69. The Bertz CT molecular complexity index is 1860. The van der Waals surface area contributed by atoms with Gasteiger partial charge in [0.1, 0.15) is 11.9 Å². The number of carbonyl (C=O) groups is 4. The Balaban J connectivity index is 1.57. The minimum absolute atomic E-state index is 0.00188. The quantitative estimate of drug-likeness (QED) is 0.294. The van der Waals surface area contributed by atoms with E-state index in [0.717, 1.165) is 56.1 Å². The summed E-state index contributed by atoms with van der Waals surface area (Å²) in [5.41, 5.74) is -0.732. The zero-order valence-corrected chi connectivity index (χ0v) is 25.9. The van der Waals surface area contributed by atoms with E-state index < -0.39 is 58.9 Å². The van der Waals surface area contributed by atoms with Crippen molar-refractivity contribution in [1.29, 1.82) is 0 Å². The number of hydrogen-bond donors (Lipinski definition) is 1. The lowest BCUT2D eigenvalue weighted by Gasteiger charge is -2.40. The van der Waals surface area contributed by atoms with Gasteiger partial charge in [-0.3, -0.25) is 4.90 Å². The summed E-state index contributed by atoms with van der Waals surface area (Å²) in [5, 5.41) is 2.55. The molecule has 3 aromatic carbocycles. The molecule has 3 heterocycles. The van der Waals surface area contributed by atoms with Gasteiger partial charge in [0, 0.05) is 17.9 Å². The van der Waals surface area contributed by atoms with Gasteiger partial charge in [0.05, 0.1) is 43.9 Å². The van der Waals surface area contributed by atoms with Gasteiger partial charge in [-0.25, -0.2) is 24.2 Å². The normalized spacial score (nSPS) is 21.1. The number of methoxy groups -OCH3 is 3. The van der Waals surface area contributed by atoms with Crippen LogP contribution in [0.5, 0.6) is 0 Å². The largest absolute Gasteiger partial charge is 0.467 e. The number of alkyl halides is 3. The zero-order chi connectivity index (χ0) is 34.4. The van der Waals surface area contributed by atoms with Crippen LogP contribution in [0.4, 0.5) is 29.3 Å². The third kappa shape index (κ3) is 5.13. The van der Waals surface area contributed by atoms with E-state index in [9.17, 15) is 32.3 Å². The molecular weight excluding hydrogens is 633 g/mol. The molecule has 0 bridgehead atoms. The number of fused-ring (bicyclic) bond motifs is 1. The first-order valence-corrected chi connectivity index (χ1v) is 14.7. The Kier molecular flexibility index (Phi) is 8.19. The molecule has 3 aliphatic heterocycles. The number of ether oxygens (including phenoxy) is 3. The van der Waals surface area contributed by atoms with Crippen LogP contribution < -0.4 is 10.2 Å². The van der Waals surface area contributed by atoms with Crippen LogP contribution in [0.2, 0.25) is 0 Å². The maximum atomic E-state index is 14.1. The zero-order valence-electron chi connectivity index (χ0n) is 25.9. The fraction of sp³-hybridized carbons (Fsp3) is 0.265. The number of anilines is 2. The van der Waals surface area contributed by atoms with Crippen molar-refractivity contribution >= 4 is 41.1 Å². The topological polar surface area (TPSA) is 127 Å². The fourth-order valence-electron chi connectivity index (χ4n) is 6.84. The second-order valence-electron chi connectivity index (χ2n) is 11.3. The molecule has 3 atom stereocenters. The van der Waals surface area contributed by atoms with E-state index in [1.165, 1.54) is 0 Å². The number of carbonyl (C=O) groups excluding carboxylic acids is 4. The number of amides is 2. The van der Waals surface area contributed by atoms with E-state index in [2.05, 4.69) is 10.3 Å². The summed E-state index contributed by atoms with van der Waals surface area (Å²) >= 11 is 0. The highest BCUT2D eigenvalue weighted by atomic mass is 19.4. The molecule has 3 aromatic rings. The number of nitrogens with zero attached hydrogens (tertiary/aromatic N) is 3. The van der Waals surface area contributed by atoms with Gasteiger partial charge in [0.2, 0.25) is 0 Å². The van der Waals surface area contributed by atoms with Crippen LogP contribution in [-0.2, 0) is 46.7 Å². The number of hydrogen-bond acceptors (Lipinski definition) is 9. The number of esters is 3. The average molecular weight is 663 g/mol. The number of amidine groups is 1. The van der Waals surface area contributed by atoms with Gasteiger partial charge in [0.15, 0.2) is 5.70 Å². The molecular formula is C34H29F3N4O7. The van der Waals surface area contributed by atoms with E-state index in [0.29, 0.717) is 11.3 Å². The highest BCUT2D eigenvalue weighted by molar-refractivity contribution is 6.18. The number of urea groups is 1. The summed E-state index contributed by atoms with van der Waals surface area (Å²) in [6, 6.07) is 17.0. The molecule has 14 heteroatoms. The van der Waals surface area contributed by atoms with Crippen LogP contribution in [0.1, 0.15) is 23.1 Å². The molecule has 0 radical (unpaired) electrons. The third-order valence-corrected chi connectivity index (χ3v) is 8.81. The van der Waals surface area contributed by atoms with Crippen molar-refractivity contribution in [2.45, 2.75) is 36.6 Å². The Morgan fingerprint density at radius 3 is 2.15 bits per heavy atom. The number of rotatable bonds is 6. The van der Waals surface area contributed by atoms with Crippen LogP contribution >= 0.6 is 0 Å². The second-order valence-corrected chi connectivity index (χ2v) is 11.3. The number of benzene rings is 3. The highest BCUT2D eigenvalue weighted by Crippen LogP contribution is 2.58. The van der Waals surface area contributed by atoms with Crippen molar-refractivity contribution in [2.75, 3.05) is 31.5 Å². The fourth-order valence-corrected chi connectivity index (χ4v) is 6.84. The van der Waals surface area contributed by atoms with Crippen LogP contribution in [0.25, 0.3) is 0 Å². The minimum Gasteiger partial charge on any atom is -0.467 e. The molecule has 48 heavy (non-hydrogen) atoms. The summed E-state index contributed by atoms with van der Waals surface area (Å²) in [4.78, 5) is 62.1. The molecule has 1 spiro atoms. The molecule has 248 valence electrons. The molecule has 2 amide bonds. The monoisotopic (exact) mass is 662 g/mol. The molecule has 3 aliphatic rings. The first-order chi connectivity index (χ1) is 23.0. The highest BCUT2D eigenvalue weighted by Gasteiger charge is 2.68. The lowest BCUT2D eigenvalue weighted by molar-refractivity contribution is -0.144. The van der Waals surface area contributed by atoms with Crippen molar-refractivity contribution in [3.8, 4) is 0 Å². The van der Waals surface area contributed by atoms with E-state index in [4.69, 9.17) is 14.2 Å². The van der Waals surface area contributed by atoms with Crippen molar-refractivity contribution in [2.24, 2.45) is 4.99 Å². The maximum Gasteiger partial charge on any atom is 0.416 e. The molecule has 1 saturated heterocycles. The Morgan fingerprint density at radius 2 is 1.52 bits per heavy atom. The summed E-state index contributed by atoms with van der Waals surface area (Å²) < 4.78 is 55.0. The molecule has 1 fully saturated rings. The summed E-state index contributed by atoms with van der Waals surface area (Å²) in [5.74, 6) is -2.73. The predicted octanol–water partition coefficient (Wildman–Crippen LogP) is 4.82. The molecule has 1 N–H and O–H groups in total. The number of halogens is 3. The summed E-state index contributed by atoms with van der Waals surface area (Å²) in [6.45, 7) is 0.243. The number of nitrogens with one attached hydrogen (secondary N) is 1. The van der Waals surface area contributed by atoms with Crippen LogP contribution in [0, 0.1) is 0 Å². The number of aliphatic imine (C=N–C) groups is 1. The number of likely N-dealkylation sites (tertiary alicyclic amines) is 1. The molecule has 3 unspecified atom stereocenters. The average Bonchev–Trinajstić information content (AvgIpc) is 3.58.